The normalized spacial score (nSPS) is 10.2. The van der Waals surface area contributed by atoms with Gasteiger partial charge in [-0.3, -0.25) is 4.79 Å². The standard InChI is InChI=1S/C21H27N3O3/c1-5-24(6-2)18-11-12-19(15(3)13-18)22-14-20(25)23-17-9-7-16(8-10-17)21(26)27-4/h7-13,22H,5-6,14H2,1-4H3,(H,23,25). The zero-order valence-corrected chi connectivity index (χ0v) is 16.3. The molecule has 2 rings (SSSR count). The van der Waals surface area contributed by atoms with Crippen LogP contribution in [0.15, 0.2) is 42.5 Å². The second kappa shape index (κ2) is 9.62. The number of ether oxygens (including phenoxy) is 1. The molecule has 0 heterocycles. The number of esters is 1. The van der Waals surface area contributed by atoms with Crippen molar-refractivity contribution < 1.29 is 14.3 Å². The molecule has 0 aliphatic rings. The van der Waals surface area contributed by atoms with Crippen LogP contribution in [0.1, 0.15) is 29.8 Å². The van der Waals surface area contributed by atoms with E-state index in [0.717, 1.165) is 24.3 Å². The minimum Gasteiger partial charge on any atom is -0.465 e. The van der Waals surface area contributed by atoms with Crippen molar-refractivity contribution in [3.8, 4) is 0 Å². The molecule has 0 aliphatic heterocycles. The molecule has 0 aliphatic carbocycles. The Balaban J connectivity index is 1.92. The van der Waals surface area contributed by atoms with Gasteiger partial charge in [0.2, 0.25) is 5.91 Å². The van der Waals surface area contributed by atoms with Crippen molar-refractivity contribution in [3.63, 3.8) is 0 Å². The molecular formula is C21H27N3O3. The minimum atomic E-state index is -0.404. The molecule has 0 saturated heterocycles. The number of nitrogens with one attached hydrogen (secondary N) is 2. The summed E-state index contributed by atoms with van der Waals surface area (Å²) in [5.41, 5.74) is 4.27. The van der Waals surface area contributed by atoms with Crippen molar-refractivity contribution in [2.45, 2.75) is 20.8 Å². The molecule has 0 fully saturated rings. The highest BCUT2D eigenvalue weighted by molar-refractivity contribution is 5.95. The predicted octanol–water partition coefficient (Wildman–Crippen LogP) is 3.68. The van der Waals surface area contributed by atoms with Gasteiger partial charge in [0.25, 0.3) is 0 Å². The number of anilines is 3. The van der Waals surface area contributed by atoms with E-state index in [1.165, 1.54) is 12.8 Å². The molecule has 0 spiro atoms. The maximum atomic E-state index is 12.2. The third-order valence-corrected chi connectivity index (χ3v) is 4.37. The second-order valence-electron chi connectivity index (χ2n) is 6.14. The molecule has 6 heteroatoms. The highest BCUT2D eigenvalue weighted by atomic mass is 16.5. The predicted molar refractivity (Wildman–Crippen MR) is 110 cm³/mol. The maximum Gasteiger partial charge on any atom is 0.337 e. The molecule has 144 valence electrons. The lowest BCUT2D eigenvalue weighted by Crippen LogP contribution is -2.23. The van der Waals surface area contributed by atoms with Crippen LogP contribution in [0.2, 0.25) is 0 Å². The molecule has 1 amide bonds. The van der Waals surface area contributed by atoms with Crippen molar-refractivity contribution in [2.24, 2.45) is 0 Å². The summed E-state index contributed by atoms with van der Waals surface area (Å²) in [5.74, 6) is -0.564. The van der Waals surface area contributed by atoms with Crippen molar-refractivity contribution >= 4 is 28.9 Å². The molecule has 27 heavy (non-hydrogen) atoms. The van der Waals surface area contributed by atoms with E-state index in [2.05, 4.69) is 46.3 Å². The summed E-state index contributed by atoms with van der Waals surface area (Å²) in [6.45, 7) is 8.36. The molecule has 2 N–H and O–H groups in total. The van der Waals surface area contributed by atoms with E-state index in [1.54, 1.807) is 24.3 Å². The number of benzene rings is 2. The van der Waals surface area contributed by atoms with Gasteiger partial charge in [0.15, 0.2) is 0 Å². The van der Waals surface area contributed by atoms with Gasteiger partial charge >= 0.3 is 5.97 Å². The largest absolute Gasteiger partial charge is 0.465 e. The summed E-state index contributed by atoms with van der Waals surface area (Å²) in [6.07, 6.45) is 0. The Morgan fingerprint density at radius 1 is 1.04 bits per heavy atom. The van der Waals surface area contributed by atoms with E-state index < -0.39 is 5.97 Å². The van der Waals surface area contributed by atoms with Gasteiger partial charge in [-0.15, -0.1) is 0 Å². The number of hydrogen-bond donors (Lipinski definition) is 2. The first kappa shape index (κ1) is 20.3. The van der Waals surface area contributed by atoms with Crippen LogP contribution in [0.25, 0.3) is 0 Å². The lowest BCUT2D eigenvalue weighted by Gasteiger charge is -2.22. The van der Waals surface area contributed by atoms with E-state index in [1.807, 2.05) is 13.0 Å². The Hall–Kier alpha value is -3.02. The van der Waals surface area contributed by atoms with Gasteiger partial charge in [0.1, 0.15) is 0 Å². The van der Waals surface area contributed by atoms with Gasteiger partial charge in [-0.1, -0.05) is 0 Å². The van der Waals surface area contributed by atoms with Gasteiger partial charge in [0, 0.05) is 30.2 Å². The third kappa shape index (κ3) is 5.48. The molecule has 0 bridgehead atoms. The number of amides is 1. The van der Waals surface area contributed by atoms with Gasteiger partial charge in [-0.05, 0) is 68.8 Å². The average Bonchev–Trinajstić information content (AvgIpc) is 2.68. The number of aryl methyl sites for hydroxylation is 1. The van der Waals surface area contributed by atoms with Crippen LogP contribution in [0.4, 0.5) is 17.1 Å². The van der Waals surface area contributed by atoms with Crippen molar-refractivity contribution in [2.75, 3.05) is 42.3 Å². The molecule has 0 unspecified atom stereocenters. The van der Waals surface area contributed by atoms with E-state index in [4.69, 9.17) is 0 Å². The third-order valence-electron chi connectivity index (χ3n) is 4.37. The Labute approximate surface area is 160 Å². The number of methoxy groups -OCH3 is 1. The first-order valence-corrected chi connectivity index (χ1v) is 9.06. The molecule has 2 aromatic rings. The highest BCUT2D eigenvalue weighted by Gasteiger charge is 2.08. The highest BCUT2D eigenvalue weighted by Crippen LogP contribution is 2.22. The van der Waals surface area contributed by atoms with Gasteiger partial charge in [-0.2, -0.15) is 0 Å². The summed E-state index contributed by atoms with van der Waals surface area (Å²) in [4.78, 5) is 25.9. The van der Waals surface area contributed by atoms with Crippen LogP contribution in [-0.4, -0.2) is 38.6 Å². The van der Waals surface area contributed by atoms with Crippen LogP contribution < -0.4 is 15.5 Å². The summed E-state index contributed by atoms with van der Waals surface area (Å²) < 4.78 is 4.65. The fraction of sp³-hybridized carbons (Fsp3) is 0.333. The topological polar surface area (TPSA) is 70.7 Å². The molecule has 6 nitrogen and oxygen atoms in total. The van der Waals surface area contributed by atoms with E-state index in [0.29, 0.717) is 11.3 Å². The molecule has 0 radical (unpaired) electrons. The van der Waals surface area contributed by atoms with Crippen LogP contribution in [-0.2, 0) is 9.53 Å². The van der Waals surface area contributed by atoms with E-state index in [9.17, 15) is 9.59 Å². The van der Waals surface area contributed by atoms with E-state index in [-0.39, 0.29) is 12.5 Å². The molecule has 2 aromatic carbocycles. The average molecular weight is 369 g/mol. The van der Waals surface area contributed by atoms with Gasteiger partial charge in [0.05, 0.1) is 19.2 Å². The zero-order valence-electron chi connectivity index (χ0n) is 16.3. The van der Waals surface area contributed by atoms with Crippen LogP contribution in [0.3, 0.4) is 0 Å². The smallest absolute Gasteiger partial charge is 0.337 e. The van der Waals surface area contributed by atoms with Crippen molar-refractivity contribution in [1.82, 2.24) is 0 Å². The maximum absolute atomic E-state index is 12.2. The molecular weight excluding hydrogens is 342 g/mol. The minimum absolute atomic E-state index is 0.157. The number of carbonyl (C=O) groups is 2. The van der Waals surface area contributed by atoms with Crippen molar-refractivity contribution in [1.29, 1.82) is 0 Å². The summed E-state index contributed by atoms with van der Waals surface area (Å²) in [7, 11) is 1.33. The van der Waals surface area contributed by atoms with Crippen LogP contribution in [0.5, 0.6) is 0 Å². The lowest BCUT2D eigenvalue weighted by molar-refractivity contribution is -0.114. The van der Waals surface area contributed by atoms with E-state index >= 15 is 0 Å². The fourth-order valence-corrected chi connectivity index (χ4v) is 2.82. The lowest BCUT2D eigenvalue weighted by atomic mass is 10.1. The first-order chi connectivity index (χ1) is 13.0. The number of nitrogens with zero attached hydrogens (tertiary/aromatic N) is 1. The molecule has 0 saturated carbocycles. The van der Waals surface area contributed by atoms with Crippen LogP contribution in [0, 0.1) is 6.92 Å². The summed E-state index contributed by atoms with van der Waals surface area (Å²) in [6, 6.07) is 12.8. The Bertz CT molecular complexity index is 784. The quantitative estimate of drug-likeness (QED) is 0.695. The molecule has 0 atom stereocenters. The van der Waals surface area contributed by atoms with Crippen LogP contribution >= 0.6 is 0 Å². The SMILES string of the molecule is CCN(CC)c1ccc(NCC(=O)Nc2ccc(C(=O)OC)cc2)c(C)c1. The number of rotatable bonds is 8. The summed E-state index contributed by atoms with van der Waals surface area (Å²) in [5, 5.41) is 5.97. The zero-order chi connectivity index (χ0) is 19.8. The monoisotopic (exact) mass is 369 g/mol. The summed E-state index contributed by atoms with van der Waals surface area (Å²) >= 11 is 0. The van der Waals surface area contributed by atoms with Crippen molar-refractivity contribution in [3.05, 3.63) is 53.6 Å². The first-order valence-electron chi connectivity index (χ1n) is 9.06. The second-order valence-corrected chi connectivity index (χ2v) is 6.14. The Morgan fingerprint density at radius 2 is 1.70 bits per heavy atom. The van der Waals surface area contributed by atoms with Gasteiger partial charge < -0.3 is 20.3 Å². The Kier molecular flexibility index (Phi) is 7.23. The fourth-order valence-electron chi connectivity index (χ4n) is 2.82. The number of hydrogen-bond acceptors (Lipinski definition) is 5. The van der Waals surface area contributed by atoms with Gasteiger partial charge in [-0.25, -0.2) is 4.79 Å². The molecule has 0 aromatic heterocycles. The number of carbonyl (C=O) groups excluding carboxylic acids is 2. The Morgan fingerprint density at radius 3 is 2.26 bits per heavy atom.